The number of fused-ring (bicyclic) bond motifs is 1. The molecule has 2 aliphatic heterocycles. The van der Waals surface area contributed by atoms with E-state index in [9.17, 15) is 13.6 Å². The lowest BCUT2D eigenvalue weighted by atomic mass is 10.0. The molecule has 0 spiro atoms. The van der Waals surface area contributed by atoms with E-state index in [2.05, 4.69) is 10.6 Å². The Labute approximate surface area is 162 Å². The second-order valence-electron chi connectivity index (χ2n) is 7.32. The normalized spacial score (nSPS) is 18.5. The van der Waals surface area contributed by atoms with Crippen LogP contribution in [0.15, 0.2) is 36.4 Å². The van der Waals surface area contributed by atoms with Crippen molar-refractivity contribution in [2.75, 3.05) is 35.2 Å². The molecule has 2 aromatic carbocycles. The third-order valence-electron chi connectivity index (χ3n) is 5.19. The van der Waals surface area contributed by atoms with E-state index in [-0.39, 0.29) is 18.7 Å². The van der Waals surface area contributed by atoms with E-state index >= 15 is 0 Å². The van der Waals surface area contributed by atoms with Crippen LogP contribution in [0.1, 0.15) is 24.8 Å². The van der Waals surface area contributed by atoms with Gasteiger partial charge in [-0.1, -0.05) is 0 Å². The summed E-state index contributed by atoms with van der Waals surface area (Å²) in [6, 6.07) is 11.5. The first kappa shape index (κ1) is 18.5. The number of carbonyl (C=O) groups is 1. The number of benzene rings is 2. The Morgan fingerprint density at radius 3 is 2.68 bits per heavy atom. The minimum Gasteiger partial charge on any atom is -0.491 e. The molecule has 1 amide bonds. The first-order valence-electron chi connectivity index (χ1n) is 9.47. The van der Waals surface area contributed by atoms with Gasteiger partial charge >= 0.3 is 0 Å². The second-order valence-corrected chi connectivity index (χ2v) is 7.32. The minimum absolute atomic E-state index is 0.0543. The van der Waals surface area contributed by atoms with Crippen molar-refractivity contribution >= 4 is 28.7 Å². The highest BCUT2D eigenvalue weighted by Gasteiger charge is 2.34. The van der Waals surface area contributed by atoms with Crippen molar-refractivity contribution < 1.29 is 18.3 Å². The molecule has 1 saturated heterocycles. The van der Waals surface area contributed by atoms with E-state index < -0.39 is 5.92 Å². The number of amides is 1. The molecule has 0 atom stereocenters. The maximum absolute atomic E-state index is 13.4. The number of carbonyl (C=O) groups excluding carboxylic acids is 1. The summed E-state index contributed by atoms with van der Waals surface area (Å²) in [7, 11) is 0. The molecule has 28 heavy (non-hydrogen) atoms. The molecule has 5 nitrogen and oxygen atoms in total. The zero-order valence-electron chi connectivity index (χ0n) is 15.7. The molecule has 7 heteroatoms. The van der Waals surface area contributed by atoms with Gasteiger partial charge in [-0.3, -0.25) is 4.79 Å². The Morgan fingerprint density at radius 1 is 1.14 bits per heavy atom. The van der Waals surface area contributed by atoms with Gasteiger partial charge in [0.2, 0.25) is 5.91 Å². The number of nitrogens with zero attached hydrogens (tertiary/aromatic N) is 1. The summed E-state index contributed by atoms with van der Waals surface area (Å²) in [5, 5.41) is 6.19. The number of anilines is 4. The van der Waals surface area contributed by atoms with E-state index in [1.807, 2.05) is 48.2 Å². The fourth-order valence-electron chi connectivity index (χ4n) is 3.52. The van der Waals surface area contributed by atoms with E-state index in [0.717, 1.165) is 22.6 Å². The molecule has 2 aromatic rings. The number of piperidine rings is 1. The summed E-state index contributed by atoms with van der Waals surface area (Å²) in [5.41, 5.74) is 4.44. The number of halogens is 2. The zero-order valence-corrected chi connectivity index (χ0v) is 15.7. The number of aryl methyl sites for hydroxylation is 1. The van der Waals surface area contributed by atoms with Crippen molar-refractivity contribution in [2.45, 2.75) is 32.1 Å². The average Bonchev–Trinajstić information content (AvgIpc) is 2.84. The monoisotopic (exact) mass is 387 g/mol. The van der Waals surface area contributed by atoms with Gasteiger partial charge in [0.05, 0.1) is 18.7 Å². The quantitative estimate of drug-likeness (QED) is 0.802. The standard InChI is InChI=1S/C21H23F2N3O2/c1-14-12-16(26-9-7-21(22,23)8-10-26)3-5-17(14)24-15-2-4-18-19(13-15)28-11-6-20(27)25-18/h2-5,12-13,24H,6-11H2,1H3,(H,25,27). The number of ether oxygens (including phenoxy) is 1. The van der Waals surface area contributed by atoms with Crippen LogP contribution in [0.2, 0.25) is 0 Å². The van der Waals surface area contributed by atoms with Crippen LogP contribution < -0.4 is 20.3 Å². The van der Waals surface area contributed by atoms with Crippen LogP contribution in [0, 0.1) is 6.92 Å². The molecule has 2 N–H and O–H groups in total. The fourth-order valence-corrected chi connectivity index (χ4v) is 3.52. The molecule has 2 aliphatic rings. The van der Waals surface area contributed by atoms with E-state index in [0.29, 0.717) is 37.6 Å². The summed E-state index contributed by atoms with van der Waals surface area (Å²) in [4.78, 5) is 13.6. The Hall–Kier alpha value is -2.83. The maximum Gasteiger partial charge on any atom is 0.251 e. The summed E-state index contributed by atoms with van der Waals surface area (Å²) in [6.07, 6.45) is 0.135. The molecule has 2 heterocycles. The topological polar surface area (TPSA) is 53.6 Å². The van der Waals surface area contributed by atoms with Gasteiger partial charge in [-0.25, -0.2) is 8.78 Å². The molecule has 0 radical (unpaired) electrons. The fraction of sp³-hybridized carbons (Fsp3) is 0.381. The number of hydrogen-bond donors (Lipinski definition) is 2. The van der Waals surface area contributed by atoms with Gasteiger partial charge in [0.1, 0.15) is 5.75 Å². The van der Waals surface area contributed by atoms with Crippen molar-refractivity contribution in [1.29, 1.82) is 0 Å². The molecule has 0 bridgehead atoms. The molecule has 0 saturated carbocycles. The lowest BCUT2D eigenvalue weighted by molar-refractivity contribution is -0.116. The van der Waals surface area contributed by atoms with Crippen LogP contribution in [0.25, 0.3) is 0 Å². The van der Waals surface area contributed by atoms with Crippen LogP contribution in [-0.2, 0) is 4.79 Å². The van der Waals surface area contributed by atoms with Crippen molar-refractivity contribution in [3.63, 3.8) is 0 Å². The molecular formula is C21H23F2N3O2. The minimum atomic E-state index is -2.54. The maximum atomic E-state index is 13.4. The molecule has 0 unspecified atom stereocenters. The Morgan fingerprint density at radius 2 is 1.93 bits per heavy atom. The highest BCUT2D eigenvalue weighted by atomic mass is 19.3. The summed E-state index contributed by atoms with van der Waals surface area (Å²) < 4.78 is 32.4. The predicted octanol–water partition coefficient (Wildman–Crippen LogP) is 4.70. The third kappa shape index (κ3) is 4.03. The van der Waals surface area contributed by atoms with Crippen LogP contribution in [-0.4, -0.2) is 31.5 Å². The highest BCUT2D eigenvalue weighted by Crippen LogP contribution is 2.34. The van der Waals surface area contributed by atoms with Gasteiger partial charge in [-0.05, 0) is 42.8 Å². The number of hydrogen-bond acceptors (Lipinski definition) is 4. The Balaban J connectivity index is 1.48. The van der Waals surface area contributed by atoms with Gasteiger partial charge in [0, 0.05) is 49.1 Å². The molecular weight excluding hydrogens is 364 g/mol. The number of rotatable bonds is 3. The van der Waals surface area contributed by atoms with Crippen LogP contribution in [0.3, 0.4) is 0 Å². The molecule has 148 valence electrons. The first-order chi connectivity index (χ1) is 13.4. The lowest BCUT2D eigenvalue weighted by Gasteiger charge is -2.33. The van der Waals surface area contributed by atoms with Gasteiger partial charge in [0.25, 0.3) is 5.92 Å². The molecule has 0 aliphatic carbocycles. The van der Waals surface area contributed by atoms with Gasteiger partial charge < -0.3 is 20.3 Å². The molecule has 4 rings (SSSR count). The summed E-state index contributed by atoms with van der Waals surface area (Å²) in [5.74, 6) is -1.96. The zero-order chi connectivity index (χ0) is 19.7. The third-order valence-corrected chi connectivity index (χ3v) is 5.19. The predicted molar refractivity (Wildman–Crippen MR) is 106 cm³/mol. The molecule has 1 fully saturated rings. The summed E-state index contributed by atoms with van der Waals surface area (Å²) in [6.45, 7) is 3.08. The van der Waals surface area contributed by atoms with Gasteiger partial charge in [0.15, 0.2) is 0 Å². The van der Waals surface area contributed by atoms with Crippen LogP contribution >= 0.6 is 0 Å². The molecule has 0 aromatic heterocycles. The number of nitrogens with one attached hydrogen (secondary N) is 2. The van der Waals surface area contributed by atoms with Gasteiger partial charge in [-0.2, -0.15) is 0 Å². The lowest BCUT2D eigenvalue weighted by Crippen LogP contribution is -2.39. The first-order valence-corrected chi connectivity index (χ1v) is 9.47. The van der Waals surface area contributed by atoms with Crippen LogP contribution in [0.4, 0.5) is 31.5 Å². The SMILES string of the molecule is Cc1cc(N2CCC(F)(F)CC2)ccc1Nc1ccc2c(c1)OCCC(=O)N2. The van der Waals surface area contributed by atoms with Crippen molar-refractivity contribution in [1.82, 2.24) is 0 Å². The summed E-state index contributed by atoms with van der Waals surface area (Å²) >= 11 is 0. The Bertz CT molecular complexity index is 891. The highest BCUT2D eigenvalue weighted by molar-refractivity contribution is 5.93. The van der Waals surface area contributed by atoms with Crippen LogP contribution in [0.5, 0.6) is 5.75 Å². The number of alkyl halides is 2. The largest absolute Gasteiger partial charge is 0.491 e. The smallest absolute Gasteiger partial charge is 0.251 e. The average molecular weight is 387 g/mol. The van der Waals surface area contributed by atoms with Gasteiger partial charge in [-0.15, -0.1) is 0 Å². The van der Waals surface area contributed by atoms with Crippen molar-refractivity contribution in [3.05, 3.63) is 42.0 Å². The van der Waals surface area contributed by atoms with Crippen molar-refractivity contribution in [2.24, 2.45) is 0 Å². The van der Waals surface area contributed by atoms with E-state index in [1.165, 1.54) is 0 Å². The van der Waals surface area contributed by atoms with Crippen molar-refractivity contribution in [3.8, 4) is 5.75 Å². The Kier molecular flexibility index (Phi) is 4.83. The second kappa shape index (κ2) is 7.30. The van der Waals surface area contributed by atoms with E-state index in [4.69, 9.17) is 4.74 Å². The van der Waals surface area contributed by atoms with E-state index in [1.54, 1.807) is 0 Å².